The standard InChI is InChI=1S/C22H24ClNO3S/c1-12(2)28-21-16(23)9-8-15-19(21)24(11-18(25)26)17-10-13(22(3,4)5)6-7-14(17)20(15)27/h6-10,12H,11H2,1-5H3,(H,25,26). The third-order valence-electron chi connectivity index (χ3n) is 4.64. The minimum atomic E-state index is -0.965. The predicted molar refractivity (Wildman–Crippen MR) is 118 cm³/mol. The Hall–Kier alpha value is -1.98. The van der Waals surface area contributed by atoms with Gasteiger partial charge in [-0.05, 0) is 35.2 Å². The van der Waals surface area contributed by atoms with Crippen molar-refractivity contribution in [2.75, 3.05) is 0 Å². The van der Waals surface area contributed by atoms with Gasteiger partial charge in [-0.2, -0.15) is 0 Å². The van der Waals surface area contributed by atoms with Crippen molar-refractivity contribution in [1.82, 2.24) is 4.57 Å². The van der Waals surface area contributed by atoms with Crippen LogP contribution in [0.25, 0.3) is 21.8 Å². The smallest absolute Gasteiger partial charge is 0.323 e. The first-order chi connectivity index (χ1) is 13.0. The highest BCUT2D eigenvalue weighted by molar-refractivity contribution is 8.00. The van der Waals surface area contributed by atoms with E-state index in [9.17, 15) is 14.7 Å². The lowest BCUT2D eigenvalue weighted by Crippen LogP contribution is -2.18. The monoisotopic (exact) mass is 417 g/mol. The zero-order valence-electron chi connectivity index (χ0n) is 16.7. The van der Waals surface area contributed by atoms with Crippen molar-refractivity contribution in [2.45, 2.75) is 56.7 Å². The first-order valence-electron chi connectivity index (χ1n) is 9.18. The number of carboxylic acid groups (broad SMARTS) is 1. The Kier molecular flexibility index (Phi) is 5.52. The minimum Gasteiger partial charge on any atom is -0.480 e. The number of benzene rings is 2. The van der Waals surface area contributed by atoms with E-state index in [0.29, 0.717) is 26.8 Å². The number of carboxylic acids is 1. The second-order valence-corrected chi connectivity index (χ2v) is 10.2. The number of nitrogens with zero attached hydrogens (tertiary/aromatic N) is 1. The van der Waals surface area contributed by atoms with Gasteiger partial charge in [0, 0.05) is 16.0 Å². The molecule has 0 aliphatic carbocycles. The molecule has 1 heterocycles. The molecule has 0 saturated carbocycles. The lowest BCUT2D eigenvalue weighted by Gasteiger charge is -2.22. The summed E-state index contributed by atoms with van der Waals surface area (Å²) in [5, 5.41) is 11.4. The van der Waals surface area contributed by atoms with Gasteiger partial charge in [0.2, 0.25) is 0 Å². The molecule has 1 aromatic heterocycles. The minimum absolute atomic E-state index is 0.102. The first-order valence-corrected chi connectivity index (χ1v) is 10.4. The highest BCUT2D eigenvalue weighted by Crippen LogP contribution is 2.37. The number of fused-ring (bicyclic) bond motifs is 2. The van der Waals surface area contributed by atoms with Crippen LogP contribution in [0.1, 0.15) is 40.2 Å². The van der Waals surface area contributed by atoms with Crippen LogP contribution in [0.15, 0.2) is 40.0 Å². The Labute approximate surface area is 173 Å². The molecule has 0 atom stereocenters. The lowest BCUT2D eigenvalue weighted by molar-refractivity contribution is -0.137. The van der Waals surface area contributed by atoms with Crippen LogP contribution in [0.4, 0.5) is 0 Å². The van der Waals surface area contributed by atoms with E-state index in [2.05, 4.69) is 20.8 Å². The molecule has 6 heteroatoms. The number of hydrogen-bond donors (Lipinski definition) is 1. The molecule has 148 valence electrons. The summed E-state index contributed by atoms with van der Waals surface area (Å²) in [5.41, 5.74) is 2.03. The van der Waals surface area contributed by atoms with Gasteiger partial charge >= 0.3 is 5.97 Å². The summed E-state index contributed by atoms with van der Waals surface area (Å²) < 4.78 is 1.72. The number of aromatic nitrogens is 1. The number of aliphatic carboxylic acids is 1. The zero-order valence-corrected chi connectivity index (χ0v) is 18.2. The second-order valence-electron chi connectivity index (χ2n) is 8.23. The molecular weight excluding hydrogens is 394 g/mol. The molecule has 28 heavy (non-hydrogen) atoms. The fourth-order valence-corrected chi connectivity index (χ4v) is 4.59. The van der Waals surface area contributed by atoms with Crippen LogP contribution in [0.5, 0.6) is 0 Å². The summed E-state index contributed by atoms with van der Waals surface area (Å²) >= 11 is 8.02. The van der Waals surface area contributed by atoms with E-state index in [4.69, 9.17) is 11.6 Å². The quantitative estimate of drug-likeness (QED) is 0.437. The molecule has 0 unspecified atom stereocenters. The number of rotatable bonds is 4. The molecule has 3 rings (SSSR count). The molecule has 3 aromatic rings. The van der Waals surface area contributed by atoms with Gasteiger partial charge < -0.3 is 9.67 Å². The molecule has 0 amide bonds. The Morgan fingerprint density at radius 2 is 1.82 bits per heavy atom. The average molecular weight is 418 g/mol. The van der Waals surface area contributed by atoms with Crippen molar-refractivity contribution in [1.29, 1.82) is 0 Å². The fraction of sp³-hybridized carbons (Fsp3) is 0.364. The Bertz CT molecular complexity index is 1140. The number of halogens is 1. The molecule has 1 N–H and O–H groups in total. The van der Waals surface area contributed by atoms with E-state index in [-0.39, 0.29) is 22.6 Å². The third-order valence-corrected chi connectivity index (χ3v) is 6.19. The van der Waals surface area contributed by atoms with E-state index < -0.39 is 5.97 Å². The number of thioether (sulfide) groups is 1. The van der Waals surface area contributed by atoms with E-state index in [1.807, 2.05) is 26.0 Å². The maximum Gasteiger partial charge on any atom is 0.323 e. The van der Waals surface area contributed by atoms with E-state index in [1.165, 1.54) is 11.8 Å². The summed E-state index contributed by atoms with van der Waals surface area (Å²) in [7, 11) is 0. The van der Waals surface area contributed by atoms with Crippen LogP contribution in [-0.2, 0) is 16.8 Å². The lowest BCUT2D eigenvalue weighted by atomic mass is 9.86. The molecular formula is C22H24ClNO3S. The van der Waals surface area contributed by atoms with Gasteiger partial charge in [-0.3, -0.25) is 9.59 Å². The van der Waals surface area contributed by atoms with Crippen molar-refractivity contribution < 1.29 is 9.90 Å². The van der Waals surface area contributed by atoms with Gasteiger partial charge in [0.25, 0.3) is 0 Å². The van der Waals surface area contributed by atoms with E-state index >= 15 is 0 Å². The van der Waals surface area contributed by atoms with Crippen LogP contribution in [0.2, 0.25) is 5.02 Å². The third kappa shape index (κ3) is 3.78. The topological polar surface area (TPSA) is 59.3 Å². The maximum atomic E-state index is 13.2. The number of pyridine rings is 1. The van der Waals surface area contributed by atoms with Gasteiger partial charge in [-0.25, -0.2) is 0 Å². The normalized spacial score (nSPS) is 12.2. The summed E-state index contributed by atoms with van der Waals surface area (Å²) in [4.78, 5) is 25.7. The largest absolute Gasteiger partial charge is 0.480 e. The Morgan fingerprint density at radius 3 is 2.39 bits per heavy atom. The van der Waals surface area contributed by atoms with Gasteiger partial charge in [0.15, 0.2) is 5.43 Å². The summed E-state index contributed by atoms with van der Waals surface area (Å²) in [6.45, 7) is 10.1. The molecule has 0 bridgehead atoms. The predicted octanol–water partition coefficient (Wildman–Crippen LogP) is 5.69. The van der Waals surface area contributed by atoms with E-state index in [0.717, 1.165) is 10.5 Å². The van der Waals surface area contributed by atoms with Crippen molar-refractivity contribution in [2.24, 2.45) is 0 Å². The van der Waals surface area contributed by atoms with Gasteiger partial charge in [0.05, 0.1) is 21.0 Å². The van der Waals surface area contributed by atoms with Crippen molar-refractivity contribution in [3.05, 3.63) is 51.1 Å². The highest BCUT2D eigenvalue weighted by Gasteiger charge is 2.21. The zero-order chi connectivity index (χ0) is 20.8. The highest BCUT2D eigenvalue weighted by atomic mass is 35.5. The van der Waals surface area contributed by atoms with Crippen LogP contribution >= 0.6 is 23.4 Å². The van der Waals surface area contributed by atoms with Crippen molar-refractivity contribution in [3.63, 3.8) is 0 Å². The van der Waals surface area contributed by atoms with Crippen molar-refractivity contribution >= 4 is 51.1 Å². The molecule has 0 saturated heterocycles. The van der Waals surface area contributed by atoms with Gasteiger partial charge in [0.1, 0.15) is 6.54 Å². The van der Waals surface area contributed by atoms with Gasteiger partial charge in [-0.1, -0.05) is 52.3 Å². The second kappa shape index (κ2) is 7.45. The molecule has 0 radical (unpaired) electrons. The Morgan fingerprint density at radius 1 is 1.18 bits per heavy atom. The number of hydrogen-bond acceptors (Lipinski definition) is 3. The summed E-state index contributed by atoms with van der Waals surface area (Å²) in [5.74, 6) is -0.965. The Balaban J connectivity index is 2.56. The van der Waals surface area contributed by atoms with Crippen LogP contribution in [-0.4, -0.2) is 20.9 Å². The maximum absolute atomic E-state index is 13.2. The van der Waals surface area contributed by atoms with E-state index in [1.54, 1.807) is 22.8 Å². The molecule has 0 aliphatic heterocycles. The summed E-state index contributed by atoms with van der Waals surface area (Å²) in [6.07, 6.45) is 0. The molecule has 2 aromatic carbocycles. The number of carbonyl (C=O) groups is 1. The molecule has 4 nitrogen and oxygen atoms in total. The SMILES string of the molecule is CC(C)Sc1c(Cl)ccc2c(=O)c3ccc(C(C)(C)C)cc3n(CC(=O)O)c12. The average Bonchev–Trinajstić information content (AvgIpc) is 2.58. The molecule has 0 spiro atoms. The fourth-order valence-electron chi connectivity index (χ4n) is 3.32. The molecule has 0 aliphatic rings. The van der Waals surface area contributed by atoms with Crippen LogP contribution in [0.3, 0.4) is 0 Å². The van der Waals surface area contributed by atoms with Crippen LogP contribution in [0, 0.1) is 0 Å². The van der Waals surface area contributed by atoms with Crippen LogP contribution < -0.4 is 5.43 Å². The van der Waals surface area contributed by atoms with Crippen molar-refractivity contribution in [3.8, 4) is 0 Å². The summed E-state index contributed by atoms with van der Waals surface area (Å²) in [6, 6.07) is 9.10. The molecule has 0 fully saturated rings. The van der Waals surface area contributed by atoms with Gasteiger partial charge in [-0.15, -0.1) is 11.8 Å². The first kappa shape index (κ1) is 20.7.